The number of rotatable bonds is 2. The molecule has 0 bridgehead atoms. The highest BCUT2D eigenvalue weighted by atomic mass is 35.5. The van der Waals surface area contributed by atoms with E-state index in [0.717, 1.165) is 0 Å². The number of nitrogens with one attached hydrogen (secondary N) is 1. The first-order valence-corrected chi connectivity index (χ1v) is 4.13. The van der Waals surface area contributed by atoms with Gasteiger partial charge in [-0.3, -0.25) is 0 Å². The van der Waals surface area contributed by atoms with Gasteiger partial charge in [0.2, 0.25) is 5.88 Å². The molecule has 1 aliphatic rings. The van der Waals surface area contributed by atoms with Gasteiger partial charge in [0.1, 0.15) is 0 Å². The number of alkyl halides is 3. The van der Waals surface area contributed by atoms with Crippen LogP contribution in [-0.4, -0.2) is 25.0 Å². The maximum absolute atomic E-state index is 11.8. The molecule has 3 nitrogen and oxygen atoms in total. The number of aliphatic imine (C=N–C) groups is 1. The normalized spacial score (nSPS) is 17.6. The first kappa shape index (κ1) is 11.2. The summed E-state index contributed by atoms with van der Waals surface area (Å²) in [6, 6.07) is 0. The van der Waals surface area contributed by atoms with Crippen LogP contribution in [0.4, 0.5) is 13.2 Å². The zero-order valence-corrected chi connectivity index (χ0v) is 8.04. The van der Waals surface area contributed by atoms with Crippen LogP contribution in [0.3, 0.4) is 0 Å². The maximum atomic E-state index is 11.8. The van der Waals surface area contributed by atoms with E-state index in [9.17, 15) is 13.2 Å². The zero-order chi connectivity index (χ0) is 10.8. The summed E-state index contributed by atoms with van der Waals surface area (Å²) in [4.78, 5) is 3.77. The van der Waals surface area contributed by atoms with Crippen molar-refractivity contribution in [3.05, 3.63) is 11.0 Å². The lowest BCUT2D eigenvalue weighted by Gasteiger charge is -2.17. The second-order valence-corrected chi connectivity index (χ2v) is 3.08. The van der Waals surface area contributed by atoms with Crippen molar-refractivity contribution in [2.45, 2.75) is 13.1 Å². The molecule has 0 radical (unpaired) electrons. The summed E-state index contributed by atoms with van der Waals surface area (Å²) < 4.78 is 39.7. The Morgan fingerprint density at radius 2 is 2.21 bits per heavy atom. The molecule has 1 N–H and O–H groups in total. The van der Waals surface area contributed by atoms with Crippen molar-refractivity contribution < 1.29 is 17.9 Å². The van der Waals surface area contributed by atoms with E-state index in [1.165, 1.54) is 0 Å². The van der Waals surface area contributed by atoms with Gasteiger partial charge in [-0.05, 0) is 6.92 Å². The third-order valence-corrected chi connectivity index (χ3v) is 1.62. The fourth-order valence-electron chi connectivity index (χ4n) is 0.804. The quantitative estimate of drug-likeness (QED) is 0.734. The average molecular weight is 229 g/mol. The highest BCUT2D eigenvalue weighted by Gasteiger charge is 2.29. The monoisotopic (exact) mass is 228 g/mol. The maximum Gasteiger partial charge on any atom is 0.422 e. The second-order valence-electron chi connectivity index (χ2n) is 2.72. The molecule has 0 aliphatic carbocycles. The number of ether oxygens (including phenoxy) is 1. The lowest BCUT2D eigenvalue weighted by Crippen LogP contribution is -2.29. The molecule has 0 saturated carbocycles. The van der Waals surface area contributed by atoms with E-state index in [1.807, 2.05) is 0 Å². The van der Waals surface area contributed by atoms with Crippen molar-refractivity contribution >= 4 is 17.3 Å². The lowest BCUT2D eigenvalue weighted by molar-refractivity contribution is -0.166. The van der Waals surface area contributed by atoms with Gasteiger partial charge in [-0.15, -0.1) is 0 Å². The fraction of sp³-hybridized carbons (Fsp3) is 0.571. The minimum absolute atomic E-state index is 0.0852. The molecular formula is C7H8ClF3N2O. The minimum atomic E-state index is -4.37. The van der Waals surface area contributed by atoms with E-state index < -0.39 is 12.8 Å². The third-order valence-electron chi connectivity index (χ3n) is 1.36. The molecule has 80 valence electrons. The Bertz CT molecular complexity index is 285. The van der Waals surface area contributed by atoms with Gasteiger partial charge in [0.25, 0.3) is 0 Å². The van der Waals surface area contributed by atoms with Crippen molar-refractivity contribution in [2.24, 2.45) is 4.99 Å². The smallest absolute Gasteiger partial charge is 0.422 e. The van der Waals surface area contributed by atoms with Crippen LogP contribution in [0.2, 0.25) is 0 Å². The summed E-state index contributed by atoms with van der Waals surface area (Å²) in [5.41, 5.74) is 0.689. The van der Waals surface area contributed by atoms with Crippen LogP contribution in [0, 0.1) is 0 Å². The molecule has 0 unspecified atom stereocenters. The molecule has 14 heavy (non-hydrogen) atoms. The lowest BCUT2D eigenvalue weighted by atomic mass is 10.4. The van der Waals surface area contributed by atoms with Gasteiger partial charge in [0, 0.05) is 5.71 Å². The molecular weight excluding hydrogens is 221 g/mol. The van der Waals surface area contributed by atoms with E-state index in [4.69, 9.17) is 11.6 Å². The van der Waals surface area contributed by atoms with Crippen LogP contribution in [0.15, 0.2) is 16.0 Å². The highest BCUT2D eigenvalue weighted by Crippen LogP contribution is 2.19. The average Bonchev–Trinajstić information content (AvgIpc) is 2.00. The third kappa shape index (κ3) is 3.45. The molecule has 0 fully saturated rings. The largest absolute Gasteiger partial charge is 0.467 e. The number of hydrogen-bond donors (Lipinski definition) is 1. The van der Waals surface area contributed by atoms with Crippen molar-refractivity contribution in [1.82, 2.24) is 5.32 Å². The molecule has 1 rings (SSSR count). The Hall–Kier alpha value is -0.910. The van der Waals surface area contributed by atoms with E-state index in [-0.39, 0.29) is 11.0 Å². The van der Waals surface area contributed by atoms with Crippen LogP contribution >= 0.6 is 11.6 Å². The van der Waals surface area contributed by atoms with E-state index >= 15 is 0 Å². The van der Waals surface area contributed by atoms with Crippen molar-refractivity contribution in [3.63, 3.8) is 0 Å². The summed E-state index contributed by atoms with van der Waals surface area (Å²) in [6.07, 6.45) is -4.37. The molecule has 0 saturated heterocycles. The van der Waals surface area contributed by atoms with Crippen LogP contribution in [0.25, 0.3) is 0 Å². The van der Waals surface area contributed by atoms with E-state index in [1.54, 1.807) is 6.92 Å². The van der Waals surface area contributed by atoms with Gasteiger partial charge in [-0.1, -0.05) is 11.6 Å². The van der Waals surface area contributed by atoms with Crippen LogP contribution in [0.5, 0.6) is 0 Å². The summed E-state index contributed by atoms with van der Waals surface area (Å²) in [6.45, 7) is 0.666. The van der Waals surface area contributed by atoms with E-state index in [2.05, 4.69) is 15.0 Å². The Labute approximate surface area is 83.6 Å². The van der Waals surface area contributed by atoms with Crippen LogP contribution < -0.4 is 5.32 Å². The first-order chi connectivity index (χ1) is 6.38. The van der Waals surface area contributed by atoms with E-state index in [0.29, 0.717) is 12.3 Å². The van der Waals surface area contributed by atoms with Crippen molar-refractivity contribution in [3.8, 4) is 0 Å². The van der Waals surface area contributed by atoms with Gasteiger partial charge in [0.15, 0.2) is 11.8 Å². The minimum Gasteiger partial charge on any atom is -0.467 e. The SMILES string of the molecule is CC1=NC(Cl)=C(OCC(F)(F)F)NC1. The number of halogens is 4. The molecule has 7 heteroatoms. The van der Waals surface area contributed by atoms with Gasteiger partial charge in [0.05, 0.1) is 6.54 Å². The fourth-order valence-corrected chi connectivity index (χ4v) is 1.07. The Kier molecular flexibility index (Phi) is 3.25. The molecule has 0 aromatic carbocycles. The van der Waals surface area contributed by atoms with Gasteiger partial charge in [-0.2, -0.15) is 13.2 Å². The van der Waals surface area contributed by atoms with Crippen LogP contribution in [-0.2, 0) is 4.74 Å². The van der Waals surface area contributed by atoms with Crippen molar-refractivity contribution in [2.75, 3.05) is 13.2 Å². The van der Waals surface area contributed by atoms with Crippen molar-refractivity contribution in [1.29, 1.82) is 0 Å². The summed E-state index contributed by atoms with van der Waals surface area (Å²) >= 11 is 5.54. The second kappa shape index (κ2) is 4.08. The first-order valence-electron chi connectivity index (χ1n) is 3.76. The Morgan fingerprint density at radius 1 is 1.57 bits per heavy atom. The molecule has 1 aliphatic heterocycles. The molecule has 0 aromatic rings. The summed E-state index contributed by atoms with van der Waals surface area (Å²) in [7, 11) is 0. The molecule has 0 amide bonds. The number of hydrogen-bond acceptors (Lipinski definition) is 3. The summed E-state index contributed by atoms with van der Waals surface area (Å²) in [5, 5.41) is 2.50. The molecule has 0 spiro atoms. The Balaban J connectivity index is 2.57. The van der Waals surface area contributed by atoms with Gasteiger partial charge >= 0.3 is 6.18 Å². The topological polar surface area (TPSA) is 33.6 Å². The standard InChI is InChI=1S/C7H8ClF3N2O/c1-4-2-12-6(5(8)13-4)14-3-7(9,10)11/h12H,2-3H2,1H3. The molecule has 0 aromatic heterocycles. The van der Waals surface area contributed by atoms with Gasteiger partial charge < -0.3 is 10.1 Å². The molecule has 0 atom stereocenters. The van der Waals surface area contributed by atoms with Crippen LogP contribution in [0.1, 0.15) is 6.92 Å². The Morgan fingerprint density at radius 3 is 2.71 bits per heavy atom. The predicted octanol–water partition coefficient (Wildman–Crippen LogP) is 1.99. The predicted molar refractivity (Wildman–Crippen MR) is 46.0 cm³/mol. The summed E-state index contributed by atoms with van der Waals surface area (Å²) in [5.74, 6) is -0.130. The number of nitrogens with zero attached hydrogens (tertiary/aromatic N) is 1. The zero-order valence-electron chi connectivity index (χ0n) is 7.28. The highest BCUT2D eigenvalue weighted by molar-refractivity contribution is 6.30. The molecule has 1 heterocycles. The van der Waals surface area contributed by atoms with Gasteiger partial charge in [-0.25, -0.2) is 4.99 Å².